The van der Waals surface area contributed by atoms with E-state index in [0.717, 1.165) is 43.5 Å². The fourth-order valence-electron chi connectivity index (χ4n) is 6.11. The lowest BCUT2D eigenvalue weighted by atomic mass is 9.79. The van der Waals surface area contributed by atoms with Crippen LogP contribution in [0, 0.1) is 5.82 Å². The molecule has 2 heterocycles. The van der Waals surface area contributed by atoms with Crippen molar-refractivity contribution in [3.05, 3.63) is 102 Å². The standard InChI is InChI=1S/C30H32FN3O2/c1-3-15-34-27-13-14-30(34,22-8-5-12-28(35)17-22)20-25(19-27)32-24-10-4-7-21(16-24)29(36)33(2)26-11-6-9-23(31)18-26/h3-12,16-18,25,27,32,35H,1,13-15,19-20H2,2H3. The number of piperidine rings is 1. The molecule has 2 N–H and O–H groups in total. The molecule has 2 bridgehead atoms. The van der Waals surface area contributed by atoms with Crippen molar-refractivity contribution in [3.63, 3.8) is 0 Å². The first-order valence-electron chi connectivity index (χ1n) is 12.5. The molecule has 5 nitrogen and oxygen atoms in total. The van der Waals surface area contributed by atoms with E-state index in [9.17, 15) is 14.3 Å². The summed E-state index contributed by atoms with van der Waals surface area (Å²) >= 11 is 0. The number of phenols is 1. The summed E-state index contributed by atoms with van der Waals surface area (Å²) < 4.78 is 13.7. The predicted octanol–water partition coefficient (Wildman–Crippen LogP) is 5.93. The minimum Gasteiger partial charge on any atom is -0.508 e. The van der Waals surface area contributed by atoms with Crippen molar-refractivity contribution in [1.82, 2.24) is 4.90 Å². The molecule has 5 rings (SSSR count). The quantitative estimate of drug-likeness (QED) is 0.408. The van der Waals surface area contributed by atoms with Gasteiger partial charge in [0.25, 0.3) is 5.91 Å². The molecule has 3 aromatic carbocycles. The van der Waals surface area contributed by atoms with Crippen LogP contribution < -0.4 is 10.2 Å². The van der Waals surface area contributed by atoms with Gasteiger partial charge in [0.2, 0.25) is 0 Å². The first-order valence-corrected chi connectivity index (χ1v) is 12.5. The van der Waals surface area contributed by atoms with Crippen LogP contribution in [-0.4, -0.2) is 41.6 Å². The van der Waals surface area contributed by atoms with Gasteiger partial charge in [0, 0.05) is 48.2 Å². The SMILES string of the molecule is C=CCN1C2CCC1(c1cccc(O)c1)CC(Nc1cccc(C(=O)N(C)c3cccc(F)c3)c1)C2. The largest absolute Gasteiger partial charge is 0.508 e. The van der Waals surface area contributed by atoms with Crippen LogP contribution in [0.2, 0.25) is 0 Å². The maximum atomic E-state index is 13.7. The number of nitrogens with zero attached hydrogens (tertiary/aromatic N) is 2. The van der Waals surface area contributed by atoms with E-state index in [4.69, 9.17) is 0 Å². The summed E-state index contributed by atoms with van der Waals surface area (Å²) in [6.45, 7) is 4.79. The van der Waals surface area contributed by atoms with Crippen LogP contribution in [0.25, 0.3) is 0 Å². The van der Waals surface area contributed by atoms with Crippen LogP contribution in [0.3, 0.4) is 0 Å². The summed E-state index contributed by atoms with van der Waals surface area (Å²) in [5.41, 5.74) is 2.91. The van der Waals surface area contributed by atoms with Gasteiger partial charge in [0.1, 0.15) is 11.6 Å². The van der Waals surface area contributed by atoms with E-state index in [-0.39, 0.29) is 29.1 Å². The second-order valence-corrected chi connectivity index (χ2v) is 9.92. The van der Waals surface area contributed by atoms with E-state index in [0.29, 0.717) is 17.3 Å². The Balaban J connectivity index is 1.37. The van der Waals surface area contributed by atoms with Crippen LogP contribution in [0.5, 0.6) is 5.75 Å². The maximum Gasteiger partial charge on any atom is 0.258 e. The third kappa shape index (κ3) is 4.49. The van der Waals surface area contributed by atoms with Gasteiger partial charge in [0.05, 0.1) is 0 Å². The van der Waals surface area contributed by atoms with Crippen LogP contribution in [-0.2, 0) is 5.54 Å². The van der Waals surface area contributed by atoms with E-state index in [1.54, 1.807) is 31.3 Å². The van der Waals surface area contributed by atoms with E-state index in [2.05, 4.69) is 22.9 Å². The summed E-state index contributed by atoms with van der Waals surface area (Å²) in [6, 6.07) is 21.8. The van der Waals surface area contributed by atoms with Crippen molar-refractivity contribution in [2.75, 3.05) is 23.8 Å². The maximum absolute atomic E-state index is 13.7. The first kappa shape index (κ1) is 24.1. The van der Waals surface area contributed by atoms with Crippen LogP contribution >= 0.6 is 0 Å². The molecule has 6 heteroatoms. The Morgan fingerprint density at radius 1 is 1.19 bits per heavy atom. The summed E-state index contributed by atoms with van der Waals surface area (Å²) in [7, 11) is 1.66. The molecular formula is C30H32FN3O2. The van der Waals surface area contributed by atoms with Gasteiger partial charge in [-0.2, -0.15) is 0 Å². The van der Waals surface area contributed by atoms with Crippen LogP contribution in [0.1, 0.15) is 41.6 Å². The summed E-state index contributed by atoms with van der Waals surface area (Å²) in [4.78, 5) is 17.1. The lowest BCUT2D eigenvalue weighted by Gasteiger charge is -2.48. The molecule has 2 saturated heterocycles. The fourth-order valence-corrected chi connectivity index (χ4v) is 6.11. The van der Waals surface area contributed by atoms with E-state index < -0.39 is 0 Å². The number of hydrogen-bond donors (Lipinski definition) is 2. The van der Waals surface area contributed by atoms with Crippen molar-refractivity contribution in [3.8, 4) is 5.75 Å². The molecule has 0 radical (unpaired) electrons. The van der Waals surface area contributed by atoms with Gasteiger partial charge in [-0.1, -0.05) is 30.3 Å². The monoisotopic (exact) mass is 485 g/mol. The van der Waals surface area contributed by atoms with Gasteiger partial charge in [0.15, 0.2) is 0 Å². The smallest absolute Gasteiger partial charge is 0.258 e. The molecule has 1 amide bonds. The zero-order valence-corrected chi connectivity index (χ0v) is 20.5. The number of fused-ring (bicyclic) bond motifs is 2. The first-order chi connectivity index (χ1) is 17.4. The molecule has 3 atom stereocenters. The van der Waals surface area contributed by atoms with E-state index >= 15 is 0 Å². The number of phenolic OH excluding ortho intramolecular Hbond substituents is 1. The van der Waals surface area contributed by atoms with E-state index in [1.807, 2.05) is 36.4 Å². The van der Waals surface area contributed by atoms with Crippen LogP contribution in [0.15, 0.2) is 85.5 Å². The highest BCUT2D eigenvalue weighted by atomic mass is 19.1. The third-order valence-electron chi connectivity index (χ3n) is 7.71. The van der Waals surface area contributed by atoms with Gasteiger partial charge < -0.3 is 15.3 Å². The molecule has 3 unspecified atom stereocenters. The number of hydrogen-bond acceptors (Lipinski definition) is 4. The number of nitrogens with one attached hydrogen (secondary N) is 1. The van der Waals surface area contributed by atoms with Gasteiger partial charge in [-0.25, -0.2) is 4.39 Å². The van der Waals surface area contributed by atoms with Crippen molar-refractivity contribution in [1.29, 1.82) is 0 Å². The Hall–Kier alpha value is -3.64. The van der Waals surface area contributed by atoms with Crippen molar-refractivity contribution in [2.24, 2.45) is 0 Å². The van der Waals surface area contributed by atoms with Crippen molar-refractivity contribution >= 4 is 17.3 Å². The number of rotatable bonds is 7. The molecule has 0 aliphatic carbocycles. The Kier molecular flexibility index (Phi) is 6.54. The number of halogens is 1. The van der Waals surface area contributed by atoms with Gasteiger partial charge in [-0.3, -0.25) is 9.69 Å². The third-order valence-corrected chi connectivity index (χ3v) is 7.71. The molecule has 0 aromatic heterocycles. The van der Waals surface area contributed by atoms with Crippen molar-refractivity contribution in [2.45, 2.75) is 43.3 Å². The van der Waals surface area contributed by atoms with Gasteiger partial charge in [-0.15, -0.1) is 6.58 Å². The molecule has 2 aliphatic rings. The highest BCUT2D eigenvalue weighted by molar-refractivity contribution is 6.06. The number of benzene rings is 3. The Labute approximate surface area is 211 Å². The van der Waals surface area contributed by atoms with Crippen molar-refractivity contribution < 1.29 is 14.3 Å². The second kappa shape index (κ2) is 9.78. The molecule has 186 valence electrons. The normalized spacial score (nSPS) is 23.3. The zero-order chi connectivity index (χ0) is 25.3. The number of amides is 1. The summed E-state index contributed by atoms with van der Waals surface area (Å²) in [6.07, 6.45) is 5.98. The number of aromatic hydroxyl groups is 1. The Bertz CT molecular complexity index is 1280. The van der Waals surface area contributed by atoms with Gasteiger partial charge in [-0.05, 0) is 79.8 Å². The average molecular weight is 486 g/mol. The zero-order valence-electron chi connectivity index (χ0n) is 20.5. The molecule has 36 heavy (non-hydrogen) atoms. The number of anilines is 2. The molecule has 2 aliphatic heterocycles. The summed E-state index contributed by atoms with van der Waals surface area (Å²) in [5, 5.41) is 13.9. The molecular weight excluding hydrogens is 453 g/mol. The molecule has 0 saturated carbocycles. The highest BCUT2D eigenvalue weighted by Gasteiger charge is 2.52. The lowest BCUT2D eigenvalue weighted by Crippen LogP contribution is -2.53. The highest BCUT2D eigenvalue weighted by Crippen LogP contribution is 2.51. The molecule has 0 spiro atoms. The predicted molar refractivity (Wildman–Crippen MR) is 142 cm³/mol. The summed E-state index contributed by atoms with van der Waals surface area (Å²) in [5.74, 6) is -0.283. The van der Waals surface area contributed by atoms with Gasteiger partial charge >= 0.3 is 0 Å². The minimum absolute atomic E-state index is 0.168. The average Bonchev–Trinajstić information content (AvgIpc) is 3.09. The lowest BCUT2D eigenvalue weighted by molar-refractivity contribution is 0.0568. The fraction of sp³-hybridized carbons (Fsp3) is 0.300. The Morgan fingerprint density at radius 3 is 2.78 bits per heavy atom. The number of carbonyl (C=O) groups is 1. The molecule has 3 aromatic rings. The minimum atomic E-state index is -0.374. The topological polar surface area (TPSA) is 55.8 Å². The number of carbonyl (C=O) groups excluding carboxylic acids is 1. The van der Waals surface area contributed by atoms with Crippen LogP contribution in [0.4, 0.5) is 15.8 Å². The second-order valence-electron chi connectivity index (χ2n) is 9.92. The molecule has 2 fully saturated rings. The Morgan fingerprint density at radius 2 is 2.00 bits per heavy atom. The van der Waals surface area contributed by atoms with E-state index in [1.165, 1.54) is 17.0 Å².